The highest BCUT2D eigenvalue weighted by Crippen LogP contribution is 2.30. The van der Waals surface area contributed by atoms with Crippen molar-refractivity contribution in [2.24, 2.45) is 5.92 Å². The van der Waals surface area contributed by atoms with Crippen molar-refractivity contribution < 1.29 is 9.53 Å². The van der Waals surface area contributed by atoms with Crippen molar-refractivity contribution in [3.63, 3.8) is 0 Å². The third-order valence-corrected chi connectivity index (χ3v) is 5.14. The first-order valence-corrected chi connectivity index (χ1v) is 8.57. The Morgan fingerprint density at radius 1 is 1.14 bits per heavy atom. The second kappa shape index (κ2) is 6.97. The Bertz CT molecular complexity index is 359. The second-order valence-electron chi connectivity index (χ2n) is 6.97. The number of urea groups is 1. The van der Waals surface area contributed by atoms with Gasteiger partial charge in [0.25, 0.3) is 0 Å². The Balaban J connectivity index is 1.39. The van der Waals surface area contributed by atoms with Crippen LogP contribution < -0.4 is 10.6 Å². The lowest BCUT2D eigenvalue weighted by Gasteiger charge is -2.31. The minimum atomic E-state index is -0.0118. The number of amides is 2. The highest BCUT2D eigenvalue weighted by Gasteiger charge is 2.31. The number of rotatable bonds is 5. The minimum Gasteiger partial charge on any atom is -0.379 e. The fraction of sp³-hybridized carbons (Fsp3) is 0.938. The number of methoxy groups -OCH3 is 1. The highest BCUT2D eigenvalue weighted by molar-refractivity contribution is 5.74. The molecule has 0 aromatic rings. The van der Waals surface area contributed by atoms with Gasteiger partial charge in [-0.1, -0.05) is 12.8 Å². The fourth-order valence-electron chi connectivity index (χ4n) is 3.72. The molecule has 0 bridgehead atoms. The molecule has 120 valence electrons. The standard InChI is InChI=1S/C16H29N3O2/c1-21-15-5-3-2-4-14(15)18-16(20)17-13-8-9-19(11-13)10-12-6-7-12/h12-15H,2-11H2,1H3,(H2,17,18,20)/t13-,14-,15-/m1/s1. The normalized spacial score (nSPS) is 33.9. The van der Waals surface area contributed by atoms with Crippen LogP contribution in [0, 0.1) is 5.92 Å². The zero-order valence-corrected chi connectivity index (χ0v) is 13.1. The number of hydrogen-bond acceptors (Lipinski definition) is 3. The van der Waals surface area contributed by atoms with Crippen LogP contribution in [0.4, 0.5) is 4.79 Å². The highest BCUT2D eigenvalue weighted by atomic mass is 16.5. The van der Waals surface area contributed by atoms with Crippen LogP contribution in [0.2, 0.25) is 0 Å². The molecule has 1 heterocycles. The summed E-state index contributed by atoms with van der Waals surface area (Å²) in [7, 11) is 1.75. The van der Waals surface area contributed by atoms with E-state index in [1.54, 1.807) is 7.11 Å². The van der Waals surface area contributed by atoms with Crippen molar-refractivity contribution in [3.8, 4) is 0 Å². The lowest BCUT2D eigenvalue weighted by atomic mass is 9.92. The third kappa shape index (κ3) is 4.33. The van der Waals surface area contributed by atoms with Crippen LogP contribution in [0.15, 0.2) is 0 Å². The minimum absolute atomic E-state index is 0.0118. The van der Waals surface area contributed by atoms with E-state index in [2.05, 4.69) is 15.5 Å². The SMILES string of the molecule is CO[C@@H]1CCCC[C@H]1NC(=O)N[C@@H]1CCN(CC2CC2)C1. The van der Waals surface area contributed by atoms with E-state index < -0.39 is 0 Å². The number of nitrogens with one attached hydrogen (secondary N) is 2. The maximum atomic E-state index is 12.2. The maximum absolute atomic E-state index is 12.2. The van der Waals surface area contributed by atoms with Gasteiger partial charge in [-0.2, -0.15) is 0 Å². The smallest absolute Gasteiger partial charge is 0.315 e. The molecule has 2 aliphatic carbocycles. The van der Waals surface area contributed by atoms with E-state index in [4.69, 9.17) is 4.74 Å². The first-order valence-electron chi connectivity index (χ1n) is 8.57. The van der Waals surface area contributed by atoms with Crippen LogP contribution in [0.1, 0.15) is 44.9 Å². The molecule has 5 heteroatoms. The molecule has 0 aromatic heterocycles. The topological polar surface area (TPSA) is 53.6 Å². The van der Waals surface area contributed by atoms with E-state index in [0.717, 1.165) is 38.3 Å². The Kier molecular flexibility index (Phi) is 5.01. The van der Waals surface area contributed by atoms with Gasteiger partial charge in [0.2, 0.25) is 0 Å². The zero-order valence-electron chi connectivity index (χ0n) is 13.1. The van der Waals surface area contributed by atoms with Crippen LogP contribution in [0.3, 0.4) is 0 Å². The van der Waals surface area contributed by atoms with E-state index in [0.29, 0.717) is 6.04 Å². The Hall–Kier alpha value is -0.810. The fourth-order valence-corrected chi connectivity index (χ4v) is 3.72. The van der Waals surface area contributed by atoms with Crippen molar-refractivity contribution in [3.05, 3.63) is 0 Å². The number of hydrogen-bond donors (Lipinski definition) is 2. The molecule has 21 heavy (non-hydrogen) atoms. The summed E-state index contributed by atoms with van der Waals surface area (Å²) in [5.74, 6) is 0.933. The van der Waals surface area contributed by atoms with Crippen molar-refractivity contribution in [1.82, 2.24) is 15.5 Å². The van der Waals surface area contributed by atoms with Gasteiger partial charge in [0, 0.05) is 32.8 Å². The Morgan fingerprint density at radius 2 is 1.95 bits per heavy atom. The van der Waals surface area contributed by atoms with Crippen molar-refractivity contribution in [2.75, 3.05) is 26.7 Å². The van der Waals surface area contributed by atoms with Crippen LogP contribution in [0.5, 0.6) is 0 Å². The van der Waals surface area contributed by atoms with Crippen LogP contribution in [-0.4, -0.2) is 55.9 Å². The summed E-state index contributed by atoms with van der Waals surface area (Å²) in [6.45, 7) is 3.38. The lowest BCUT2D eigenvalue weighted by molar-refractivity contribution is 0.0451. The molecule has 2 amide bonds. The van der Waals surface area contributed by atoms with Gasteiger partial charge in [0.1, 0.15) is 0 Å². The zero-order chi connectivity index (χ0) is 14.7. The number of carbonyl (C=O) groups is 1. The molecular weight excluding hydrogens is 266 g/mol. The van der Waals surface area contributed by atoms with Crippen molar-refractivity contribution >= 4 is 6.03 Å². The number of likely N-dealkylation sites (tertiary alicyclic amines) is 1. The summed E-state index contributed by atoms with van der Waals surface area (Å²) in [5.41, 5.74) is 0. The molecule has 3 rings (SSSR count). The van der Waals surface area contributed by atoms with Gasteiger partial charge in [0.15, 0.2) is 0 Å². The van der Waals surface area contributed by atoms with E-state index in [1.165, 1.54) is 32.2 Å². The third-order valence-electron chi connectivity index (χ3n) is 5.14. The average molecular weight is 295 g/mol. The predicted molar refractivity (Wildman–Crippen MR) is 82.3 cm³/mol. The summed E-state index contributed by atoms with van der Waals surface area (Å²) in [6, 6.07) is 0.475. The number of ether oxygens (including phenoxy) is 1. The maximum Gasteiger partial charge on any atom is 0.315 e. The predicted octanol–water partition coefficient (Wildman–Crippen LogP) is 1.73. The lowest BCUT2D eigenvalue weighted by Crippen LogP contribution is -2.52. The van der Waals surface area contributed by atoms with Crippen LogP contribution in [0.25, 0.3) is 0 Å². The summed E-state index contributed by atoms with van der Waals surface area (Å²) in [5, 5.41) is 6.27. The molecule has 2 saturated carbocycles. The number of carbonyl (C=O) groups excluding carboxylic acids is 1. The summed E-state index contributed by atoms with van der Waals surface area (Å²) in [6.07, 6.45) is 8.53. The van der Waals surface area contributed by atoms with E-state index in [-0.39, 0.29) is 18.2 Å². The molecule has 3 atom stereocenters. The molecule has 0 radical (unpaired) electrons. The quantitative estimate of drug-likeness (QED) is 0.812. The van der Waals surface area contributed by atoms with Gasteiger partial charge in [-0.25, -0.2) is 4.79 Å². The largest absolute Gasteiger partial charge is 0.379 e. The average Bonchev–Trinajstić information content (AvgIpc) is 3.18. The molecule has 1 saturated heterocycles. The van der Waals surface area contributed by atoms with Gasteiger partial charge in [-0.3, -0.25) is 0 Å². The van der Waals surface area contributed by atoms with E-state index >= 15 is 0 Å². The van der Waals surface area contributed by atoms with Crippen LogP contribution in [-0.2, 0) is 4.74 Å². The van der Waals surface area contributed by atoms with Crippen molar-refractivity contribution in [1.29, 1.82) is 0 Å². The summed E-state index contributed by atoms with van der Waals surface area (Å²) >= 11 is 0. The van der Waals surface area contributed by atoms with Gasteiger partial charge in [0.05, 0.1) is 12.1 Å². The molecule has 0 unspecified atom stereocenters. The Labute approximate surface area is 127 Å². The molecule has 0 aromatic carbocycles. The monoisotopic (exact) mass is 295 g/mol. The van der Waals surface area contributed by atoms with Crippen LogP contribution >= 0.6 is 0 Å². The van der Waals surface area contributed by atoms with Gasteiger partial charge < -0.3 is 20.3 Å². The Morgan fingerprint density at radius 3 is 2.71 bits per heavy atom. The van der Waals surface area contributed by atoms with E-state index in [9.17, 15) is 4.79 Å². The van der Waals surface area contributed by atoms with Crippen molar-refractivity contribution in [2.45, 2.75) is 63.1 Å². The molecule has 5 nitrogen and oxygen atoms in total. The first-order chi connectivity index (χ1) is 10.2. The molecule has 0 spiro atoms. The molecule has 3 fully saturated rings. The second-order valence-corrected chi connectivity index (χ2v) is 6.97. The molecule has 3 aliphatic rings. The van der Waals surface area contributed by atoms with Gasteiger partial charge >= 0.3 is 6.03 Å². The van der Waals surface area contributed by atoms with Gasteiger partial charge in [-0.15, -0.1) is 0 Å². The molecular formula is C16H29N3O2. The number of nitrogens with zero attached hydrogens (tertiary/aromatic N) is 1. The summed E-state index contributed by atoms with van der Waals surface area (Å²) < 4.78 is 5.49. The first kappa shape index (κ1) is 15.1. The van der Waals surface area contributed by atoms with Gasteiger partial charge in [-0.05, 0) is 38.0 Å². The molecule has 1 aliphatic heterocycles. The van der Waals surface area contributed by atoms with E-state index in [1.807, 2.05) is 0 Å². The summed E-state index contributed by atoms with van der Waals surface area (Å²) in [4.78, 5) is 14.7. The molecule has 2 N–H and O–H groups in total.